The van der Waals surface area contributed by atoms with Gasteiger partial charge in [-0.1, -0.05) is 19.3 Å². The first-order chi connectivity index (χ1) is 16.1. The van der Waals surface area contributed by atoms with Gasteiger partial charge in [0.15, 0.2) is 0 Å². The monoisotopic (exact) mass is 445 g/mol. The molecule has 0 saturated heterocycles. The third-order valence-electron chi connectivity index (χ3n) is 6.59. The van der Waals surface area contributed by atoms with E-state index in [1.807, 2.05) is 30.3 Å². The van der Waals surface area contributed by atoms with Crippen molar-refractivity contribution < 1.29 is 4.79 Å². The summed E-state index contributed by atoms with van der Waals surface area (Å²) in [5, 5.41) is 14.6. The lowest BCUT2D eigenvalue weighted by molar-refractivity contribution is 0.102. The zero-order valence-corrected chi connectivity index (χ0v) is 19.2. The van der Waals surface area contributed by atoms with Crippen molar-refractivity contribution in [2.75, 3.05) is 28.6 Å². The van der Waals surface area contributed by atoms with Crippen molar-refractivity contribution in [2.45, 2.75) is 52.0 Å². The maximum atomic E-state index is 13.4. The quantitative estimate of drug-likeness (QED) is 0.310. The van der Waals surface area contributed by atoms with Gasteiger partial charge in [0.05, 0.1) is 34.0 Å². The Morgan fingerprint density at radius 2 is 1.91 bits per heavy atom. The van der Waals surface area contributed by atoms with Crippen molar-refractivity contribution in [3.8, 4) is 0 Å². The summed E-state index contributed by atoms with van der Waals surface area (Å²) >= 11 is 0. The van der Waals surface area contributed by atoms with E-state index < -0.39 is 0 Å². The molecule has 5 rings (SSSR count). The van der Waals surface area contributed by atoms with Crippen LogP contribution in [0.5, 0.6) is 0 Å². The molecule has 0 radical (unpaired) electrons. The molecule has 0 unspecified atom stereocenters. The van der Waals surface area contributed by atoms with Crippen LogP contribution >= 0.6 is 0 Å². The smallest absolute Gasteiger partial charge is 0.257 e. The maximum absolute atomic E-state index is 13.4. The molecule has 2 heterocycles. The number of benzene rings is 2. The summed E-state index contributed by atoms with van der Waals surface area (Å²) in [7, 11) is 0. The van der Waals surface area contributed by atoms with Crippen molar-refractivity contribution in [2.24, 2.45) is 0 Å². The highest BCUT2D eigenvalue weighted by atomic mass is 16.1. The number of carbonyl (C=O) groups excluding carboxylic acids is 1. The van der Waals surface area contributed by atoms with Gasteiger partial charge in [0.25, 0.3) is 5.91 Å². The van der Waals surface area contributed by atoms with Gasteiger partial charge in [-0.15, -0.1) is 0 Å². The van der Waals surface area contributed by atoms with Crippen molar-refractivity contribution in [3.63, 3.8) is 0 Å². The van der Waals surface area contributed by atoms with Crippen LogP contribution in [0.25, 0.3) is 21.9 Å². The summed E-state index contributed by atoms with van der Waals surface area (Å²) in [6, 6.07) is 10.2. The minimum Gasteiger partial charge on any atom is -0.371 e. The van der Waals surface area contributed by atoms with Crippen LogP contribution in [-0.2, 0) is 0 Å². The van der Waals surface area contributed by atoms with Crippen LogP contribution in [0.1, 0.15) is 56.3 Å². The number of H-pyrrole nitrogens is 2. The van der Waals surface area contributed by atoms with Crippen LogP contribution in [0.2, 0.25) is 0 Å². The molecule has 4 aromatic rings. The number of aromatic amines is 2. The Bertz CT molecular complexity index is 1260. The molecule has 0 atom stereocenters. The van der Waals surface area contributed by atoms with E-state index in [9.17, 15) is 4.79 Å². The van der Waals surface area contributed by atoms with E-state index in [4.69, 9.17) is 4.98 Å². The molecule has 0 spiro atoms. The van der Waals surface area contributed by atoms with Crippen LogP contribution < -0.4 is 15.5 Å². The molecule has 8 nitrogen and oxygen atoms in total. The largest absolute Gasteiger partial charge is 0.371 e. The average molecular weight is 446 g/mol. The van der Waals surface area contributed by atoms with Crippen LogP contribution in [0.4, 0.5) is 17.3 Å². The first kappa shape index (κ1) is 21.3. The standard InChI is InChI=1S/C25H31N7O/c1-3-32(4-2)23-14-22-21(29-25(30-22)28-17-8-6-5-7-9-17)13-19(23)24(33)27-18-11-10-16-15-26-31-20(16)12-18/h10-15,17H,3-9H2,1-2H3,(H,26,31)(H,27,33)(H2,28,29,30). The molecule has 0 aliphatic heterocycles. The van der Waals surface area contributed by atoms with Gasteiger partial charge in [0.2, 0.25) is 5.95 Å². The van der Waals surface area contributed by atoms with E-state index in [0.29, 0.717) is 11.6 Å². The summed E-state index contributed by atoms with van der Waals surface area (Å²) in [6.07, 6.45) is 7.96. The minimum absolute atomic E-state index is 0.144. The molecule has 8 heteroatoms. The van der Waals surface area contributed by atoms with E-state index in [1.54, 1.807) is 6.20 Å². The number of hydrogen-bond donors (Lipinski definition) is 4. The molecular formula is C25H31N7O. The number of amides is 1. The molecule has 1 aliphatic rings. The second-order valence-electron chi connectivity index (χ2n) is 8.75. The fourth-order valence-electron chi connectivity index (χ4n) is 4.78. The van der Waals surface area contributed by atoms with E-state index >= 15 is 0 Å². The number of carbonyl (C=O) groups is 1. The number of nitrogens with one attached hydrogen (secondary N) is 4. The molecule has 1 saturated carbocycles. The van der Waals surface area contributed by atoms with Gasteiger partial charge < -0.3 is 20.5 Å². The van der Waals surface area contributed by atoms with Gasteiger partial charge in [0, 0.05) is 30.2 Å². The summed E-state index contributed by atoms with van der Waals surface area (Å²) in [6.45, 7) is 5.81. The fourth-order valence-corrected chi connectivity index (χ4v) is 4.78. The maximum Gasteiger partial charge on any atom is 0.257 e. The normalized spacial score (nSPS) is 14.6. The van der Waals surface area contributed by atoms with Gasteiger partial charge in [0.1, 0.15) is 0 Å². The topological polar surface area (TPSA) is 102 Å². The SMILES string of the molecule is CCN(CC)c1cc2nc(NC3CCCCC3)[nH]c2cc1C(=O)Nc1ccc2cn[nH]c2c1. The summed E-state index contributed by atoms with van der Waals surface area (Å²) in [5.74, 6) is 0.638. The molecule has 172 valence electrons. The molecule has 1 fully saturated rings. The predicted molar refractivity (Wildman–Crippen MR) is 134 cm³/mol. The van der Waals surface area contributed by atoms with E-state index in [-0.39, 0.29) is 5.91 Å². The average Bonchev–Trinajstić information content (AvgIpc) is 3.45. The summed E-state index contributed by atoms with van der Waals surface area (Å²) in [4.78, 5) is 23.8. The van der Waals surface area contributed by atoms with E-state index in [0.717, 1.165) is 52.3 Å². The highest BCUT2D eigenvalue weighted by molar-refractivity contribution is 6.11. The van der Waals surface area contributed by atoms with Crippen molar-refractivity contribution in [1.29, 1.82) is 0 Å². The zero-order chi connectivity index (χ0) is 22.8. The number of aromatic nitrogens is 4. The van der Waals surface area contributed by atoms with Gasteiger partial charge >= 0.3 is 0 Å². The Hall–Kier alpha value is -3.55. The number of rotatable bonds is 7. The molecule has 1 amide bonds. The third-order valence-corrected chi connectivity index (χ3v) is 6.59. The van der Waals surface area contributed by atoms with Crippen LogP contribution in [0, 0.1) is 0 Å². The lowest BCUT2D eigenvalue weighted by Gasteiger charge is -2.23. The van der Waals surface area contributed by atoms with Crippen LogP contribution in [0.15, 0.2) is 36.5 Å². The zero-order valence-electron chi connectivity index (χ0n) is 19.2. The van der Waals surface area contributed by atoms with Crippen molar-refractivity contribution >= 4 is 45.2 Å². The number of hydrogen-bond acceptors (Lipinski definition) is 5. The Labute approximate surface area is 193 Å². The Morgan fingerprint density at radius 3 is 2.70 bits per heavy atom. The highest BCUT2D eigenvalue weighted by Crippen LogP contribution is 2.29. The summed E-state index contributed by atoms with van der Waals surface area (Å²) < 4.78 is 0. The highest BCUT2D eigenvalue weighted by Gasteiger charge is 2.20. The van der Waals surface area contributed by atoms with Gasteiger partial charge in [-0.05, 0) is 57.0 Å². The fraction of sp³-hybridized carbons (Fsp3) is 0.400. The molecule has 2 aromatic carbocycles. The van der Waals surface area contributed by atoms with Gasteiger partial charge in [-0.3, -0.25) is 9.89 Å². The number of anilines is 3. The van der Waals surface area contributed by atoms with Crippen LogP contribution in [-0.4, -0.2) is 45.2 Å². The predicted octanol–water partition coefficient (Wildman–Crippen LogP) is 5.28. The molecule has 33 heavy (non-hydrogen) atoms. The molecule has 4 N–H and O–H groups in total. The van der Waals surface area contributed by atoms with Gasteiger partial charge in [-0.25, -0.2) is 4.98 Å². The summed E-state index contributed by atoms with van der Waals surface area (Å²) in [5.41, 5.74) is 4.86. The molecular weight excluding hydrogens is 414 g/mol. The Morgan fingerprint density at radius 1 is 1.09 bits per heavy atom. The lowest BCUT2D eigenvalue weighted by Crippen LogP contribution is -2.25. The van der Waals surface area contributed by atoms with E-state index in [1.165, 1.54) is 32.1 Å². The molecule has 2 aromatic heterocycles. The third kappa shape index (κ3) is 4.37. The second-order valence-corrected chi connectivity index (χ2v) is 8.75. The number of nitrogens with zero attached hydrogens (tertiary/aromatic N) is 3. The number of imidazole rings is 1. The lowest BCUT2D eigenvalue weighted by atomic mass is 9.96. The van der Waals surface area contributed by atoms with E-state index in [2.05, 4.69) is 44.6 Å². The number of fused-ring (bicyclic) bond motifs is 2. The van der Waals surface area contributed by atoms with Crippen LogP contribution in [0.3, 0.4) is 0 Å². The minimum atomic E-state index is -0.144. The second kappa shape index (κ2) is 9.13. The molecule has 0 bridgehead atoms. The Kier molecular flexibility index (Phi) is 5.90. The van der Waals surface area contributed by atoms with Gasteiger partial charge in [-0.2, -0.15) is 5.10 Å². The van der Waals surface area contributed by atoms with Crippen molar-refractivity contribution in [1.82, 2.24) is 20.2 Å². The Balaban J connectivity index is 1.47. The molecule has 1 aliphatic carbocycles. The first-order valence-electron chi connectivity index (χ1n) is 11.9. The first-order valence-corrected chi connectivity index (χ1v) is 11.9. The van der Waals surface area contributed by atoms with Crippen molar-refractivity contribution in [3.05, 3.63) is 42.1 Å².